The molecule has 33 heavy (non-hydrogen) atoms. The average Bonchev–Trinajstić information content (AvgIpc) is 3.14. The summed E-state index contributed by atoms with van der Waals surface area (Å²) >= 11 is 0. The molecule has 0 fully saturated rings. The summed E-state index contributed by atoms with van der Waals surface area (Å²) in [6, 6.07) is 18.8. The number of nitrogens with zero attached hydrogens (tertiary/aromatic N) is 1. The van der Waals surface area contributed by atoms with Crippen LogP contribution in [0.2, 0.25) is 0 Å². The van der Waals surface area contributed by atoms with E-state index in [1.165, 1.54) is 16.4 Å². The summed E-state index contributed by atoms with van der Waals surface area (Å²) in [7, 11) is -4.02. The lowest BCUT2D eigenvalue weighted by Gasteiger charge is -2.25. The molecule has 170 valence electrons. The molecule has 8 heteroatoms. The summed E-state index contributed by atoms with van der Waals surface area (Å²) in [6.07, 6.45) is 0. The third kappa shape index (κ3) is 4.47. The minimum absolute atomic E-state index is 0.0314. The Morgan fingerprint density at radius 1 is 1.03 bits per heavy atom. The number of aryl methyl sites for hydroxylation is 1. The van der Waals surface area contributed by atoms with Crippen molar-refractivity contribution in [3.8, 4) is 0 Å². The summed E-state index contributed by atoms with van der Waals surface area (Å²) in [4.78, 5) is 12.2. The smallest absolute Gasteiger partial charge is 0.374 e. The quantitative estimate of drug-likeness (QED) is 0.338. The number of furan rings is 1. The molecule has 0 radical (unpaired) electrons. The van der Waals surface area contributed by atoms with Crippen LogP contribution in [-0.4, -0.2) is 21.0 Å². The summed E-state index contributed by atoms with van der Waals surface area (Å²) in [5.74, 6) is -1.02. The van der Waals surface area contributed by atoms with Crippen LogP contribution in [0.4, 0.5) is 10.1 Å². The number of hydrogen-bond acceptors (Lipinski definition) is 5. The number of anilines is 1. The molecule has 0 amide bonds. The van der Waals surface area contributed by atoms with Crippen molar-refractivity contribution in [2.75, 3.05) is 10.9 Å². The van der Waals surface area contributed by atoms with Gasteiger partial charge in [0.15, 0.2) is 0 Å². The number of carbonyl (C=O) groups excluding carboxylic acids is 1. The van der Waals surface area contributed by atoms with E-state index in [4.69, 9.17) is 9.15 Å². The first-order valence-electron chi connectivity index (χ1n) is 10.3. The van der Waals surface area contributed by atoms with Crippen LogP contribution in [0.15, 0.2) is 82.1 Å². The molecule has 0 saturated heterocycles. The molecule has 0 aliphatic rings. The van der Waals surface area contributed by atoms with Crippen molar-refractivity contribution in [1.82, 2.24) is 0 Å². The van der Waals surface area contributed by atoms with Crippen LogP contribution in [0.1, 0.15) is 28.6 Å². The SMILES string of the molecule is CCOC(=O)c1oc2ccc(N(Cc3ccccc3)S(=O)(=O)c3ccc(F)cc3)cc2c1C. The molecule has 0 N–H and O–H groups in total. The van der Waals surface area contributed by atoms with E-state index in [2.05, 4.69) is 0 Å². The minimum atomic E-state index is -4.02. The zero-order valence-electron chi connectivity index (χ0n) is 18.1. The van der Waals surface area contributed by atoms with Gasteiger partial charge in [-0.15, -0.1) is 0 Å². The van der Waals surface area contributed by atoms with Gasteiger partial charge >= 0.3 is 5.97 Å². The van der Waals surface area contributed by atoms with Gasteiger partial charge in [0.05, 0.1) is 23.7 Å². The lowest BCUT2D eigenvalue weighted by Crippen LogP contribution is -2.30. The van der Waals surface area contributed by atoms with Gasteiger partial charge in [0.2, 0.25) is 5.76 Å². The van der Waals surface area contributed by atoms with Gasteiger partial charge in [-0.2, -0.15) is 0 Å². The van der Waals surface area contributed by atoms with Gasteiger partial charge in [0.25, 0.3) is 10.0 Å². The molecule has 0 aliphatic carbocycles. The van der Waals surface area contributed by atoms with E-state index in [0.717, 1.165) is 17.7 Å². The Kier molecular flexibility index (Phi) is 6.20. The number of sulfonamides is 1. The van der Waals surface area contributed by atoms with E-state index < -0.39 is 21.8 Å². The predicted octanol–water partition coefficient (Wildman–Crippen LogP) is 5.45. The molecule has 0 bridgehead atoms. The van der Waals surface area contributed by atoms with Crippen LogP contribution in [0.5, 0.6) is 0 Å². The summed E-state index contributed by atoms with van der Waals surface area (Å²) < 4.78 is 52.5. The van der Waals surface area contributed by atoms with Gasteiger partial charge in [-0.25, -0.2) is 17.6 Å². The van der Waals surface area contributed by atoms with Crippen molar-refractivity contribution in [3.05, 3.63) is 95.5 Å². The average molecular weight is 468 g/mol. The molecule has 0 atom stereocenters. The minimum Gasteiger partial charge on any atom is -0.460 e. The molecule has 4 rings (SSSR count). The van der Waals surface area contributed by atoms with E-state index in [1.807, 2.05) is 30.3 Å². The van der Waals surface area contributed by atoms with Crippen molar-refractivity contribution in [1.29, 1.82) is 0 Å². The normalized spacial score (nSPS) is 11.5. The first-order valence-corrected chi connectivity index (χ1v) is 11.8. The standard InChI is InChI=1S/C25H22FNO5S/c1-3-31-25(28)24-17(2)22-15-20(11-14-23(22)32-24)27(16-18-7-5-4-6-8-18)33(29,30)21-12-9-19(26)10-13-21/h4-15H,3,16H2,1-2H3. The molecule has 6 nitrogen and oxygen atoms in total. The number of halogens is 1. The van der Waals surface area contributed by atoms with Gasteiger partial charge in [-0.1, -0.05) is 30.3 Å². The Hall–Kier alpha value is -3.65. The Bertz CT molecular complexity index is 1400. The van der Waals surface area contributed by atoms with Gasteiger partial charge in [-0.3, -0.25) is 4.31 Å². The number of benzene rings is 3. The molecule has 0 spiro atoms. The van der Waals surface area contributed by atoms with Gasteiger partial charge in [0.1, 0.15) is 11.4 Å². The van der Waals surface area contributed by atoms with E-state index >= 15 is 0 Å². The fraction of sp³-hybridized carbons (Fsp3) is 0.160. The molecule has 0 aliphatic heterocycles. The molecule has 1 heterocycles. The van der Waals surface area contributed by atoms with Crippen molar-refractivity contribution < 1.29 is 26.8 Å². The second-order valence-corrected chi connectivity index (χ2v) is 9.27. The predicted molar refractivity (Wildman–Crippen MR) is 123 cm³/mol. The van der Waals surface area contributed by atoms with Crippen LogP contribution in [0.3, 0.4) is 0 Å². The highest BCUT2D eigenvalue weighted by Gasteiger charge is 2.27. The Balaban J connectivity index is 1.83. The first kappa shape index (κ1) is 22.5. The first-order chi connectivity index (χ1) is 15.8. The third-order valence-electron chi connectivity index (χ3n) is 5.24. The molecule has 0 saturated carbocycles. The van der Waals surface area contributed by atoms with Crippen LogP contribution in [0, 0.1) is 12.7 Å². The van der Waals surface area contributed by atoms with Crippen molar-refractivity contribution >= 4 is 32.6 Å². The number of ether oxygens (including phenoxy) is 1. The van der Waals surface area contributed by atoms with E-state index in [0.29, 0.717) is 22.2 Å². The molecule has 3 aromatic carbocycles. The van der Waals surface area contributed by atoms with E-state index in [-0.39, 0.29) is 23.8 Å². The van der Waals surface area contributed by atoms with Crippen LogP contribution in [-0.2, 0) is 21.3 Å². The number of esters is 1. The summed E-state index contributed by atoms with van der Waals surface area (Å²) in [5, 5.41) is 0.600. The van der Waals surface area contributed by atoms with Gasteiger partial charge in [-0.05, 0) is 61.9 Å². The number of hydrogen-bond donors (Lipinski definition) is 0. The number of rotatable bonds is 7. The van der Waals surface area contributed by atoms with Gasteiger partial charge < -0.3 is 9.15 Å². The highest BCUT2D eigenvalue weighted by Crippen LogP contribution is 2.33. The van der Waals surface area contributed by atoms with Crippen LogP contribution in [0.25, 0.3) is 11.0 Å². The summed E-state index contributed by atoms with van der Waals surface area (Å²) in [5.41, 5.74) is 2.16. The van der Waals surface area contributed by atoms with Crippen molar-refractivity contribution in [2.24, 2.45) is 0 Å². The van der Waals surface area contributed by atoms with Crippen LogP contribution >= 0.6 is 0 Å². The highest BCUT2D eigenvalue weighted by atomic mass is 32.2. The van der Waals surface area contributed by atoms with Crippen LogP contribution < -0.4 is 4.31 Å². The number of fused-ring (bicyclic) bond motifs is 1. The molecule has 4 aromatic rings. The second-order valence-electron chi connectivity index (χ2n) is 7.41. The second kappa shape index (κ2) is 9.07. The monoisotopic (exact) mass is 467 g/mol. The largest absolute Gasteiger partial charge is 0.460 e. The van der Waals surface area contributed by atoms with Gasteiger partial charge in [0, 0.05) is 10.9 Å². The number of carbonyl (C=O) groups is 1. The fourth-order valence-electron chi connectivity index (χ4n) is 3.55. The molecule has 0 unspecified atom stereocenters. The Morgan fingerprint density at radius 3 is 2.39 bits per heavy atom. The Morgan fingerprint density at radius 2 is 1.73 bits per heavy atom. The van der Waals surface area contributed by atoms with E-state index in [1.54, 1.807) is 32.0 Å². The molecule has 1 aromatic heterocycles. The molecular weight excluding hydrogens is 445 g/mol. The lowest BCUT2D eigenvalue weighted by atomic mass is 10.1. The fourth-order valence-corrected chi connectivity index (χ4v) is 5.00. The maximum absolute atomic E-state index is 13.6. The third-order valence-corrected chi connectivity index (χ3v) is 7.03. The lowest BCUT2D eigenvalue weighted by molar-refractivity contribution is 0.0491. The maximum atomic E-state index is 13.6. The van der Waals surface area contributed by atoms with E-state index in [9.17, 15) is 17.6 Å². The van der Waals surface area contributed by atoms with Crippen molar-refractivity contribution in [2.45, 2.75) is 25.3 Å². The zero-order valence-corrected chi connectivity index (χ0v) is 18.9. The highest BCUT2D eigenvalue weighted by molar-refractivity contribution is 7.92. The summed E-state index contributed by atoms with van der Waals surface area (Å²) in [6.45, 7) is 3.70. The van der Waals surface area contributed by atoms with Crippen molar-refractivity contribution in [3.63, 3.8) is 0 Å². The maximum Gasteiger partial charge on any atom is 0.374 e. The zero-order chi connectivity index (χ0) is 23.6. The topological polar surface area (TPSA) is 76.8 Å². The Labute approximate surface area is 191 Å². The molecular formula is C25H22FNO5S.